The molecule has 17 heavy (non-hydrogen) atoms. The highest BCUT2D eigenvalue weighted by atomic mass is 32.2. The van der Waals surface area contributed by atoms with E-state index in [1.807, 2.05) is 0 Å². The highest BCUT2D eigenvalue weighted by Gasteiger charge is 2.11. The third-order valence-corrected chi connectivity index (χ3v) is 3.29. The number of hydrogen-bond donors (Lipinski definition) is 2. The quantitative estimate of drug-likeness (QED) is 0.760. The first-order valence-corrected chi connectivity index (χ1v) is 6.36. The summed E-state index contributed by atoms with van der Waals surface area (Å²) in [6.45, 7) is 0. The van der Waals surface area contributed by atoms with Gasteiger partial charge in [-0.1, -0.05) is 0 Å². The normalized spacial score (nSPS) is 12.2. The Morgan fingerprint density at radius 3 is 2.53 bits per heavy atom. The first-order chi connectivity index (χ1) is 7.99. The van der Waals surface area contributed by atoms with Gasteiger partial charge >= 0.3 is 11.9 Å². The zero-order chi connectivity index (χ0) is 12.8. The van der Waals surface area contributed by atoms with Crippen LogP contribution in [0.5, 0.6) is 0 Å². The second-order valence-electron chi connectivity index (χ2n) is 3.36. The molecule has 2 N–H and O–H groups in total. The number of carbonyl (C=O) groups is 2. The van der Waals surface area contributed by atoms with Gasteiger partial charge in [-0.15, -0.1) is 0 Å². The summed E-state index contributed by atoms with van der Waals surface area (Å²) in [4.78, 5) is 20.7. The van der Waals surface area contributed by atoms with Crippen LogP contribution in [0.1, 0.15) is 29.2 Å². The van der Waals surface area contributed by atoms with E-state index in [9.17, 15) is 13.8 Å². The summed E-state index contributed by atoms with van der Waals surface area (Å²) < 4.78 is 16.4. The van der Waals surface area contributed by atoms with E-state index in [1.165, 1.54) is 12.1 Å². The van der Waals surface area contributed by atoms with Gasteiger partial charge in [0.15, 0.2) is 0 Å². The Morgan fingerprint density at radius 2 is 2.00 bits per heavy atom. The van der Waals surface area contributed by atoms with E-state index in [0.29, 0.717) is 12.2 Å². The summed E-state index contributed by atoms with van der Waals surface area (Å²) in [5.74, 6) is -1.60. The minimum Gasteiger partial charge on any atom is -0.481 e. The Morgan fingerprint density at radius 1 is 1.29 bits per heavy atom. The fourth-order valence-corrected chi connectivity index (χ4v) is 2.27. The topological polar surface area (TPSA) is 105 Å². The highest BCUT2D eigenvalue weighted by molar-refractivity contribution is 7.84. The van der Waals surface area contributed by atoms with Crippen molar-refractivity contribution in [2.75, 3.05) is 5.75 Å². The number of furan rings is 1. The Bertz CT molecular complexity index is 436. The first-order valence-electron chi connectivity index (χ1n) is 4.88. The molecule has 94 valence electrons. The first kappa shape index (κ1) is 13.4. The number of carboxylic acids is 2. The molecule has 0 spiro atoms. The van der Waals surface area contributed by atoms with Crippen LogP contribution in [0.15, 0.2) is 16.5 Å². The summed E-state index contributed by atoms with van der Waals surface area (Å²) in [5, 5.41) is 17.0. The van der Waals surface area contributed by atoms with Crippen molar-refractivity contribution in [1.82, 2.24) is 0 Å². The van der Waals surface area contributed by atoms with E-state index >= 15 is 0 Å². The van der Waals surface area contributed by atoms with E-state index in [2.05, 4.69) is 0 Å². The molecule has 1 atom stereocenters. The second-order valence-corrected chi connectivity index (χ2v) is 4.93. The lowest BCUT2D eigenvalue weighted by atomic mass is 10.3. The van der Waals surface area contributed by atoms with Crippen molar-refractivity contribution in [1.29, 1.82) is 0 Å². The van der Waals surface area contributed by atoms with E-state index in [1.54, 1.807) is 0 Å². The van der Waals surface area contributed by atoms with E-state index in [-0.39, 0.29) is 23.7 Å². The average Bonchev–Trinajstić information content (AvgIpc) is 2.65. The van der Waals surface area contributed by atoms with Gasteiger partial charge in [-0.25, -0.2) is 4.79 Å². The molecule has 0 saturated heterocycles. The molecule has 1 aromatic heterocycles. The average molecular weight is 260 g/mol. The minimum absolute atomic E-state index is 0.0235. The van der Waals surface area contributed by atoms with Crippen LogP contribution < -0.4 is 0 Å². The van der Waals surface area contributed by atoms with Crippen molar-refractivity contribution in [3.8, 4) is 0 Å². The molecule has 1 heterocycles. The van der Waals surface area contributed by atoms with Crippen LogP contribution in [0.2, 0.25) is 0 Å². The van der Waals surface area contributed by atoms with Crippen LogP contribution in [-0.4, -0.2) is 32.1 Å². The maximum absolute atomic E-state index is 11.5. The molecule has 1 unspecified atom stereocenters. The zero-order valence-corrected chi connectivity index (χ0v) is 9.74. The van der Waals surface area contributed by atoms with Crippen LogP contribution >= 0.6 is 0 Å². The van der Waals surface area contributed by atoms with Crippen molar-refractivity contribution in [3.05, 3.63) is 23.7 Å². The molecule has 0 amide bonds. The van der Waals surface area contributed by atoms with Crippen molar-refractivity contribution in [3.63, 3.8) is 0 Å². The van der Waals surface area contributed by atoms with Gasteiger partial charge < -0.3 is 14.6 Å². The molecule has 6 nitrogen and oxygen atoms in total. The molecule has 0 aliphatic carbocycles. The van der Waals surface area contributed by atoms with Crippen LogP contribution in [0.25, 0.3) is 0 Å². The predicted molar refractivity (Wildman–Crippen MR) is 59.3 cm³/mol. The lowest BCUT2D eigenvalue weighted by molar-refractivity contribution is -0.137. The lowest BCUT2D eigenvalue weighted by Gasteiger charge is -1.98. The summed E-state index contributed by atoms with van der Waals surface area (Å²) in [6.07, 6.45) is 0.304. The predicted octanol–water partition coefficient (Wildman–Crippen LogP) is 1.09. The Kier molecular flexibility index (Phi) is 4.89. The van der Waals surface area contributed by atoms with Gasteiger partial charge in [0.25, 0.3) is 0 Å². The molecule has 0 aromatic carbocycles. The monoisotopic (exact) mass is 260 g/mol. The lowest BCUT2D eigenvalue weighted by Crippen LogP contribution is -2.03. The summed E-state index contributed by atoms with van der Waals surface area (Å²) in [6, 6.07) is 2.75. The standard InChI is InChI=1S/C10H12O6S/c11-9(12)2-1-5-17(15)6-7-3-4-8(16-7)10(13)14/h3-4H,1-2,5-6H2,(H,11,12)(H,13,14). The van der Waals surface area contributed by atoms with Gasteiger partial charge in [-0.05, 0) is 18.6 Å². The molecular weight excluding hydrogens is 248 g/mol. The molecule has 0 radical (unpaired) electrons. The molecule has 1 rings (SSSR count). The minimum atomic E-state index is -1.24. The smallest absolute Gasteiger partial charge is 0.371 e. The van der Waals surface area contributed by atoms with Gasteiger partial charge in [-0.3, -0.25) is 9.00 Å². The third-order valence-electron chi connectivity index (χ3n) is 1.94. The molecule has 0 bridgehead atoms. The Balaban J connectivity index is 2.39. The molecule has 0 aliphatic rings. The van der Waals surface area contributed by atoms with Gasteiger partial charge in [0.2, 0.25) is 5.76 Å². The highest BCUT2D eigenvalue weighted by Crippen LogP contribution is 2.10. The summed E-state index contributed by atoms with van der Waals surface area (Å²) >= 11 is 0. The molecule has 1 aromatic rings. The van der Waals surface area contributed by atoms with Crippen molar-refractivity contribution < 1.29 is 28.4 Å². The zero-order valence-electron chi connectivity index (χ0n) is 8.92. The number of rotatable bonds is 7. The number of aliphatic carboxylic acids is 1. The van der Waals surface area contributed by atoms with Gasteiger partial charge in [-0.2, -0.15) is 0 Å². The van der Waals surface area contributed by atoms with E-state index < -0.39 is 22.7 Å². The fraction of sp³-hybridized carbons (Fsp3) is 0.400. The SMILES string of the molecule is O=C(O)CCCS(=O)Cc1ccc(C(=O)O)o1. The molecular formula is C10H12O6S. The van der Waals surface area contributed by atoms with E-state index in [4.69, 9.17) is 14.6 Å². The largest absolute Gasteiger partial charge is 0.481 e. The van der Waals surface area contributed by atoms with Gasteiger partial charge in [0, 0.05) is 23.0 Å². The summed E-state index contributed by atoms with van der Waals surface area (Å²) in [7, 11) is -1.24. The van der Waals surface area contributed by atoms with E-state index in [0.717, 1.165) is 0 Å². The van der Waals surface area contributed by atoms with Crippen molar-refractivity contribution >= 4 is 22.7 Å². The molecule has 0 fully saturated rings. The van der Waals surface area contributed by atoms with Gasteiger partial charge in [0.05, 0.1) is 5.75 Å². The van der Waals surface area contributed by atoms with Crippen LogP contribution in [0, 0.1) is 0 Å². The number of hydrogen-bond acceptors (Lipinski definition) is 4. The molecule has 0 saturated carbocycles. The second kappa shape index (κ2) is 6.19. The number of aromatic carboxylic acids is 1. The molecule has 7 heteroatoms. The number of carboxylic acid groups (broad SMARTS) is 2. The third kappa shape index (κ3) is 4.81. The molecule has 0 aliphatic heterocycles. The Hall–Kier alpha value is -1.63. The summed E-state index contributed by atoms with van der Waals surface area (Å²) in [5.41, 5.74) is 0. The maximum atomic E-state index is 11.5. The van der Waals surface area contributed by atoms with Crippen molar-refractivity contribution in [2.24, 2.45) is 0 Å². The maximum Gasteiger partial charge on any atom is 0.371 e. The van der Waals surface area contributed by atoms with Crippen LogP contribution in [-0.2, 0) is 21.3 Å². The van der Waals surface area contributed by atoms with Crippen LogP contribution in [0.4, 0.5) is 0 Å². The fourth-order valence-electron chi connectivity index (χ4n) is 1.19. The Labute approximate surface area is 99.7 Å². The van der Waals surface area contributed by atoms with Gasteiger partial charge in [0.1, 0.15) is 5.76 Å². The van der Waals surface area contributed by atoms with Crippen molar-refractivity contribution in [2.45, 2.75) is 18.6 Å². The van der Waals surface area contributed by atoms with Crippen LogP contribution in [0.3, 0.4) is 0 Å².